The van der Waals surface area contributed by atoms with Crippen LogP contribution in [0, 0.1) is 17.5 Å². The number of Topliss-reactive ketones (excluding diaryl/α,β-unsaturated/α-hetero) is 2. The molecule has 22 heteroatoms. The molecule has 0 aliphatic rings. The number of esters is 1. The zero-order chi connectivity index (χ0) is 36.9. The molecule has 0 aliphatic heterocycles. The van der Waals surface area contributed by atoms with E-state index in [0.29, 0.717) is 17.1 Å². The molecule has 0 amide bonds. The Hall–Kier alpha value is -7.13. The van der Waals surface area contributed by atoms with Crippen molar-refractivity contribution in [3.05, 3.63) is 84.1 Å². The molecular formula is C29H23F3N10O9. The molecule has 0 bridgehead atoms. The van der Waals surface area contributed by atoms with Crippen LogP contribution in [-0.4, -0.2) is 96.4 Å². The SMILES string of the molecule is COC(=O)c1ncc(F)c(OC)n1.COc1nc(-c2cc(-c3ccon3)n[nH]2)ncc1F.COc1nc(C(=O)CC(=O)c2ccon2)ncc1F. The van der Waals surface area contributed by atoms with Gasteiger partial charge < -0.3 is 28.0 Å². The van der Waals surface area contributed by atoms with Gasteiger partial charge in [0.1, 0.15) is 35.3 Å². The Kier molecular flexibility index (Phi) is 12.5. The van der Waals surface area contributed by atoms with Crippen molar-refractivity contribution < 1.29 is 55.5 Å². The monoisotopic (exact) mass is 712 g/mol. The van der Waals surface area contributed by atoms with Gasteiger partial charge in [0.05, 0.1) is 53.5 Å². The molecule has 19 nitrogen and oxygen atoms in total. The van der Waals surface area contributed by atoms with Gasteiger partial charge in [-0.3, -0.25) is 14.7 Å². The number of nitrogens with zero attached hydrogens (tertiary/aromatic N) is 9. The minimum Gasteiger partial charge on any atom is -0.479 e. The van der Waals surface area contributed by atoms with Crippen molar-refractivity contribution in [2.75, 3.05) is 28.4 Å². The summed E-state index contributed by atoms with van der Waals surface area (Å²) in [5, 5.41) is 14.0. The lowest BCUT2D eigenvalue weighted by molar-refractivity contribution is 0.0584. The zero-order valence-corrected chi connectivity index (χ0v) is 26.7. The lowest BCUT2D eigenvalue weighted by Gasteiger charge is -2.02. The predicted molar refractivity (Wildman–Crippen MR) is 160 cm³/mol. The van der Waals surface area contributed by atoms with Crippen LogP contribution in [0.5, 0.6) is 17.6 Å². The summed E-state index contributed by atoms with van der Waals surface area (Å²) in [5.74, 6) is -5.09. The van der Waals surface area contributed by atoms with E-state index in [1.54, 1.807) is 12.1 Å². The number of aromatic amines is 1. The summed E-state index contributed by atoms with van der Waals surface area (Å²) in [6.45, 7) is 0. The average Bonchev–Trinajstić information content (AvgIpc) is 3.96. The van der Waals surface area contributed by atoms with Crippen LogP contribution in [0.2, 0.25) is 0 Å². The first-order valence-corrected chi connectivity index (χ1v) is 13.8. The topological polar surface area (TPSA) is 246 Å². The third-order valence-electron chi connectivity index (χ3n) is 5.90. The summed E-state index contributed by atoms with van der Waals surface area (Å²) in [6, 6.07) is 4.69. The third-order valence-corrected chi connectivity index (χ3v) is 5.90. The van der Waals surface area contributed by atoms with Crippen LogP contribution in [0.4, 0.5) is 13.2 Å². The van der Waals surface area contributed by atoms with Gasteiger partial charge in [-0.05, 0) is 6.07 Å². The van der Waals surface area contributed by atoms with Crippen LogP contribution in [0.3, 0.4) is 0 Å². The lowest BCUT2D eigenvalue weighted by Crippen LogP contribution is -2.13. The number of methoxy groups -OCH3 is 4. The molecule has 264 valence electrons. The standard InChI is InChI=1S/C11H8FN5O2.C11H8FN3O4.C7H7FN2O3/c1-18-11-6(12)5-13-10(14-11)9-4-8(15-16-9)7-2-3-19-17-7;1-18-11-6(12)5-13-10(14-11)9(17)4-8(16)7-2-3-19-15-7;1-12-6-4(8)3-9-5(10-6)7(11)13-2/h2-5H,1H3,(H,15,16);2-3,5H,4H2,1H3;3H,1-2H3. The van der Waals surface area contributed by atoms with Crippen LogP contribution < -0.4 is 14.2 Å². The fourth-order valence-electron chi connectivity index (χ4n) is 3.52. The highest BCUT2D eigenvalue weighted by Crippen LogP contribution is 2.22. The van der Waals surface area contributed by atoms with E-state index in [-0.39, 0.29) is 40.8 Å². The van der Waals surface area contributed by atoms with E-state index in [9.17, 15) is 27.6 Å². The maximum atomic E-state index is 13.2. The normalized spacial score (nSPS) is 10.2. The molecule has 6 aromatic heterocycles. The summed E-state index contributed by atoms with van der Waals surface area (Å²) < 4.78 is 66.5. The van der Waals surface area contributed by atoms with E-state index >= 15 is 0 Å². The molecule has 0 aromatic carbocycles. The minimum absolute atomic E-state index is 0.0300. The number of halogens is 3. The first-order chi connectivity index (χ1) is 24.6. The maximum absolute atomic E-state index is 13.2. The second-order valence-electron chi connectivity index (χ2n) is 9.10. The van der Waals surface area contributed by atoms with Gasteiger partial charge in [0.15, 0.2) is 17.4 Å². The van der Waals surface area contributed by atoms with Gasteiger partial charge in [-0.1, -0.05) is 10.3 Å². The largest absolute Gasteiger partial charge is 0.479 e. The minimum atomic E-state index is -0.790. The summed E-state index contributed by atoms with van der Waals surface area (Å²) in [5.41, 5.74) is 1.71. The Labute approximate surface area is 283 Å². The molecule has 6 rings (SSSR count). The van der Waals surface area contributed by atoms with Gasteiger partial charge in [0, 0.05) is 12.1 Å². The molecule has 1 N–H and O–H groups in total. The van der Waals surface area contributed by atoms with E-state index in [0.717, 1.165) is 18.6 Å². The van der Waals surface area contributed by atoms with Crippen LogP contribution in [0.15, 0.2) is 58.4 Å². The average molecular weight is 713 g/mol. The van der Waals surface area contributed by atoms with Crippen molar-refractivity contribution in [2.45, 2.75) is 6.42 Å². The van der Waals surface area contributed by atoms with Crippen molar-refractivity contribution in [3.8, 4) is 40.5 Å². The molecule has 0 radical (unpaired) electrons. The second-order valence-corrected chi connectivity index (χ2v) is 9.10. The zero-order valence-electron chi connectivity index (χ0n) is 26.7. The fourth-order valence-corrected chi connectivity index (χ4v) is 3.52. The maximum Gasteiger partial charge on any atom is 0.376 e. The van der Waals surface area contributed by atoms with Gasteiger partial charge in [-0.25, -0.2) is 19.7 Å². The van der Waals surface area contributed by atoms with Crippen molar-refractivity contribution in [1.82, 2.24) is 50.4 Å². The van der Waals surface area contributed by atoms with Gasteiger partial charge >= 0.3 is 5.97 Å². The van der Waals surface area contributed by atoms with Crippen LogP contribution in [0.25, 0.3) is 22.9 Å². The molecule has 0 saturated heterocycles. The Morgan fingerprint density at radius 3 is 1.84 bits per heavy atom. The quantitative estimate of drug-likeness (QED) is 0.122. The fraction of sp³-hybridized carbons (Fsp3) is 0.172. The van der Waals surface area contributed by atoms with Gasteiger partial charge in [-0.15, -0.1) is 0 Å². The molecule has 6 heterocycles. The Morgan fingerprint density at radius 1 is 0.706 bits per heavy atom. The number of nitrogens with one attached hydrogen (secondary N) is 1. The van der Waals surface area contributed by atoms with E-state index in [2.05, 4.69) is 69.1 Å². The summed E-state index contributed by atoms with van der Waals surface area (Å²) in [4.78, 5) is 56.0. The molecular weight excluding hydrogens is 689 g/mol. The molecule has 51 heavy (non-hydrogen) atoms. The number of rotatable bonds is 10. The predicted octanol–water partition coefficient (Wildman–Crippen LogP) is 3.15. The molecule has 0 spiro atoms. The van der Waals surface area contributed by atoms with Crippen LogP contribution in [-0.2, 0) is 4.74 Å². The number of aromatic nitrogens is 10. The number of hydrogen-bond acceptors (Lipinski definition) is 18. The van der Waals surface area contributed by atoms with Crippen molar-refractivity contribution in [3.63, 3.8) is 0 Å². The Balaban J connectivity index is 0.000000175. The number of carbonyl (C=O) groups excluding carboxylic acids is 3. The molecule has 0 fully saturated rings. The van der Waals surface area contributed by atoms with E-state index in [1.165, 1.54) is 47.0 Å². The smallest absolute Gasteiger partial charge is 0.376 e. The Morgan fingerprint density at radius 2 is 1.27 bits per heavy atom. The lowest BCUT2D eigenvalue weighted by atomic mass is 10.1. The van der Waals surface area contributed by atoms with Crippen LogP contribution in [0.1, 0.15) is 38.1 Å². The van der Waals surface area contributed by atoms with Crippen molar-refractivity contribution >= 4 is 17.5 Å². The third kappa shape index (κ3) is 9.49. The van der Waals surface area contributed by atoms with Crippen molar-refractivity contribution in [2.24, 2.45) is 0 Å². The van der Waals surface area contributed by atoms with Gasteiger partial charge in [0.25, 0.3) is 17.6 Å². The number of ketones is 2. The highest BCUT2D eigenvalue weighted by Gasteiger charge is 2.20. The summed E-state index contributed by atoms with van der Waals surface area (Å²) >= 11 is 0. The Bertz CT molecular complexity index is 2100. The van der Waals surface area contributed by atoms with E-state index < -0.39 is 41.4 Å². The van der Waals surface area contributed by atoms with Gasteiger partial charge in [-0.2, -0.15) is 33.2 Å². The molecule has 0 saturated carbocycles. The number of ether oxygens (including phenoxy) is 4. The first-order valence-electron chi connectivity index (χ1n) is 13.8. The second kappa shape index (κ2) is 17.3. The highest BCUT2D eigenvalue weighted by molar-refractivity contribution is 6.11. The number of carbonyl (C=O) groups is 3. The van der Waals surface area contributed by atoms with E-state index in [4.69, 9.17) is 9.26 Å². The molecule has 6 aromatic rings. The first kappa shape index (κ1) is 36.7. The van der Waals surface area contributed by atoms with Crippen molar-refractivity contribution in [1.29, 1.82) is 0 Å². The molecule has 0 unspecified atom stereocenters. The summed E-state index contributed by atoms with van der Waals surface area (Å²) in [7, 11) is 4.97. The highest BCUT2D eigenvalue weighted by atomic mass is 19.1. The van der Waals surface area contributed by atoms with E-state index in [1.807, 2.05) is 0 Å². The summed E-state index contributed by atoms with van der Waals surface area (Å²) in [6.07, 6.45) is 4.87. The molecule has 0 atom stereocenters. The number of H-pyrrole nitrogens is 1. The molecule has 0 aliphatic carbocycles. The number of hydrogen-bond donors (Lipinski definition) is 1. The van der Waals surface area contributed by atoms with Crippen LogP contribution >= 0.6 is 0 Å². The van der Waals surface area contributed by atoms with Gasteiger partial charge in [0.2, 0.25) is 29.1 Å².